The van der Waals surface area contributed by atoms with Crippen molar-refractivity contribution < 1.29 is 0 Å². The monoisotopic (exact) mass is 795 g/mol. The van der Waals surface area contributed by atoms with Gasteiger partial charge in [0, 0.05) is 37.0 Å². The van der Waals surface area contributed by atoms with Crippen LogP contribution in [0.3, 0.4) is 0 Å². The van der Waals surface area contributed by atoms with Crippen LogP contribution in [-0.4, -0.2) is 0 Å². The molecule has 10 aromatic carbocycles. The van der Waals surface area contributed by atoms with E-state index in [0.29, 0.717) is 0 Å². The molecular weight excluding hydrogens is 755 g/mol. The van der Waals surface area contributed by atoms with E-state index in [2.05, 4.69) is 231 Å². The molecule has 0 saturated carbocycles. The highest BCUT2D eigenvalue weighted by Crippen LogP contribution is 2.57. The summed E-state index contributed by atoms with van der Waals surface area (Å²) in [6.45, 7) is 4.81. The predicted octanol–water partition coefficient (Wildman–Crippen LogP) is 17.1. The molecule has 1 aliphatic carbocycles. The van der Waals surface area contributed by atoms with E-state index < -0.39 is 0 Å². The molecule has 61 heavy (non-hydrogen) atoms. The molecule has 0 atom stereocenters. The standard InChI is InChI=1S/C59H41NS/c1-59(2)51-29-10-8-24-49(51)57-48-23-7-6-18-42(48)37-52(58(57)59)60(44-22-12-21-41(36-44)47-28-15-31-54-56(47)50-25-9-11-30-53(50)61-54)43-34-32-39(33-35-43)46-27-14-20-40-19-13-26-45(55(40)46)38-16-4-3-5-17-38/h3-37H,1-2H3. The molecule has 0 fully saturated rings. The third-order valence-corrected chi connectivity index (χ3v) is 14.1. The molecule has 12 rings (SSSR count). The Bertz CT molecular complexity index is 3500. The number of nitrogens with zero attached hydrogens (tertiary/aromatic N) is 1. The molecule has 1 aliphatic rings. The number of benzene rings is 10. The third-order valence-electron chi connectivity index (χ3n) is 13.0. The average molecular weight is 796 g/mol. The SMILES string of the molecule is CC1(C)c2ccccc2-c2c1c(N(c1ccc(-c3cccc4cccc(-c5ccccc5)c34)cc1)c1cccc(-c3cccc4sc5ccccc5c34)c1)cc1ccccc21. The normalized spacial score (nSPS) is 12.9. The minimum atomic E-state index is -0.237. The predicted molar refractivity (Wildman–Crippen MR) is 263 cm³/mol. The summed E-state index contributed by atoms with van der Waals surface area (Å²) in [6, 6.07) is 78.6. The van der Waals surface area contributed by atoms with Gasteiger partial charge in [0.2, 0.25) is 0 Å². The molecule has 1 aromatic heterocycles. The Morgan fingerprint density at radius 3 is 1.77 bits per heavy atom. The van der Waals surface area contributed by atoms with Gasteiger partial charge in [0.1, 0.15) is 0 Å². The lowest BCUT2D eigenvalue weighted by molar-refractivity contribution is 0.661. The van der Waals surface area contributed by atoms with Crippen molar-refractivity contribution in [3.63, 3.8) is 0 Å². The summed E-state index contributed by atoms with van der Waals surface area (Å²) in [6.07, 6.45) is 0. The Labute approximate surface area is 360 Å². The highest BCUT2D eigenvalue weighted by molar-refractivity contribution is 7.25. The van der Waals surface area contributed by atoms with Crippen molar-refractivity contribution in [3.05, 3.63) is 223 Å². The minimum absolute atomic E-state index is 0.237. The molecule has 0 unspecified atom stereocenters. The molecule has 11 aromatic rings. The zero-order valence-corrected chi connectivity index (χ0v) is 34.9. The van der Waals surface area contributed by atoms with Crippen molar-refractivity contribution in [2.45, 2.75) is 19.3 Å². The van der Waals surface area contributed by atoms with E-state index in [1.54, 1.807) is 0 Å². The number of hydrogen-bond donors (Lipinski definition) is 0. The van der Waals surface area contributed by atoms with E-state index >= 15 is 0 Å². The van der Waals surface area contributed by atoms with Gasteiger partial charge >= 0.3 is 0 Å². The van der Waals surface area contributed by atoms with E-state index in [1.807, 2.05) is 11.3 Å². The maximum absolute atomic E-state index is 2.52. The zero-order valence-electron chi connectivity index (χ0n) is 34.1. The second-order valence-electron chi connectivity index (χ2n) is 16.8. The summed E-state index contributed by atoms with van der Waals surface area (Å²) in [7, 11) is 0. The van der Waals surface area contributed by atoms with Gasteiger partial charge in [-0.15, -0.1) is 11.3 Å². The summed E-state index contributed by atoms with van der Waals surface area (Å²) in [5.74, 6) is 0. The first-order chi connectivity index (χ1) is 30.0. The number of fused-ring (bicyclic) bond motifs is 9. The van der Waals surface area contributed by atoms with Gasteiger partial charge < -0.3 is 4.90 Å². The van der Waals surface area contributed by atoms with E-state index in [9.17, 15) is 0 Å². The molecule has 1 heterocycles. The van der Waals surface area contributed by atoms with Crippen LogP contribution >= 0.6 is 11.3 Å². The van der Waals surface area contributed by atoms with Crippen molar-refractivity contribution in [1.29, 1.82) is 0 Å². The topological polar surface area (TPSA) is 3.24 Å². The number of rotatable bonds is 6. The van der Waals surface area contributed by atoms with Gasteiger partial charge in [0.15, 0.2) is 0 Å². The fourth-order valence-corrected chi connectivity index (χ4v) is 11.4. The molecule has 0 aliphatic heterocycles. The quantitative estimate of drug-likeness (QED) is 0.162. The van der Waals surface area contributed by atoms with E-state index in [4.69, 9.17) is 0 Å². The van der Waals surface area contributed by atoms with Gasteiger partial charge in [0.25, 0.3) is 0 Å². The molecule has 288 valence electrons. The van der Waals surface area contributed by atoms with E-state index in [1.165, 1.54) is 103 Å². The summed E-state index contributed by atoms with van der Waals surface area (Å²) in [4.78, 5) is 2.52. The maximum Gasteiger partial charge on any atom is 0.0515 e. The summed E-state index contributed by atoms with van der Waals surface area (Å²) < 4.78 is 2.63. The summed E-state index contributed by atoms with van der Waals surface area (Å²) in [5, 5.41) is 7.68. The van der Waals surface area contributed by atoms with Gasteiger partial charge in [-0.05, 0) is 120 Å². The Morgan fingerprint density at radius 2 is 0.967 bits per heavy atom. The Balaban J connectivity index is 1.09. The Kier molecular flexibility index (Phi) is 8.13. The van der Waals surface area contributed by atoms with Crippen LogP contribution in [0.5, 0.6) is 0 Å². The lowest BCUT2D eigenvalue weighted by atomic mass is 9.80. The summed E-state index contributed by atoms with van der Waals surface area (Å²) >= 11 is 1.87. The van der Waals surface area contributed by atoms with Gasteiger partial charge in [-0.25, -0.2) is 0 Å². The molecule has 0 N–H and O–H groups in total. The van der Waals surface area contributed by atoms with Gasteiger partial charge in [-0.1, -0.05) is 184 Å². The van der Waals surface area contributed by atoms with Gasteiger partial charge in [-0.3, -0.25) is 0 Å². The molecule has 0 radical (unpaired) electrons. The zero-order chi connectivity index (χ0) is 40.7. The molecule has 1 nitrogen and oxygen atoms in total. The molecule has 0 saturated heterocycles. The number of thiophene rings is 1. The minimum Gasteiger partial charge on any atom is -0.310 e. The van der Waals surface area contributed by atoms with Crippen LogP contribution in [0.15, 0.2) is 212 Å². The van der Waals surface area contributed by atoms with Crippen LogP contribution in [0.4, 0.5) is 17.1 Å². The largest absolute Gasteiger partial charge is 0.310 e. The van der Waals surface area contributed by atoms with Gasteiger partial charge in [0.05, 0.1) is 5.69 Å². The lowest BCUT2D eigenvalue weighted by Crippen LogP contribution is -2.20. The van der Waals surface area contributed by atoms with Crippen LogP contribution in [0.1, 0.15) is 25.0 Å². The fourth-order valence-electron chi connectivity index (χ4n) is 10.3. The number of hydrogen-bond acceptors (Lipinski definition) is 2. The first-order valence-corrected chi connectivity index (χ1v) is 22.0. The van der Waals surface area contributed by atoms with Crippen LogP contribution in [0.25, 0.3) is 86.2 Å². The van der Waals surface area contributed by atoms with Crippen molar-refractivity contribution in [1.82, 2.24) is 0 Å². The second-order valence-corrected chi connectivity index (χ2v) is 17.9. The van der Waals surface area contributed by atoms with Crippen molar-refractivity contribution in [2.24, 2.45) is 0 Å². The first kappa shape index (κ1) is 35.7. The van der Waals surface area contributed by atoms with Crippen LogP contribution in [0, 0.1) is 0 Å². The summed E-state index contributed by atoms with van der Waals surface area (Å²) in [5.41, 5.74) is 16.0. The van der Waals surface area contributed by atoms with E-state index in [-0.39, 0.29) is 5.41 Å². The van der Waals surface area contributed by atoms with E-state index in [0.717, 1.165) is 11.4 Å². The molecule has 2 heteroatoms. The fraction of sp³-hybridized carbons (Fsp3) is 0.0508. The lowest BCUT2D eigenvalue weighted by Gasteiger charge is -2.33. The molecule has 0 amide bonds. The Hall–Kier alpha value is -7.26. The number of anilines is 3. The van der Waals surface area contributed by atoms with Crippen molar-refractivity contribution in [2.75, 3.05) is 4.90 Å². The van der Waals surface area contributed by atoms with Crippen molar-refractivity contribution >= 4 is 70.1 Å². The molecule has 0 spiro atoms. The highest BCUT2D eigenvalue weighted by atomic mass is 32.1. The average Bonchev–Trinajstić information content (AvgIpc) is 3.82. The van der Waals surface area contributed by atoms with Crippen LogP contribution < -0.4 is 4.90 Å². The Morgan fingerprint density at radius 1 is 0.393 bits per heavy atom. The van der Waals surface area contributed by atoms with Crippen LogP contribution in [-0.2, 0) is 5.41 Å². The first-order valence-electron chi connectivity index (χ1n) is 21.2. The van der Waals surface area contributed by atoms with Gasteiger partial charge in [-0.2, -0.15) is 0 Å². The highest BCUT2D eigenvalue weighted by Gasteiger charge is 2.40. The smallest absolute Gasteiger partial charge is 0.0515 e. The molecule has 0 bridgehead atoms. The molecular formula is C59H41NS. The maximum atomic E-state index is 2.52. The second kappa shape index (κ2) is 13.9. The van der Waals surface area contributed by atoms with Crippen molar-refractivity contribution in [3.8, 4) is 44.5 Å². The third kappa shape index (κ3) is 5.60. The van der Waals surface area contributed by atoms with Crippen LogP contribution in [0.2, 0.25) is 0 Å².